The third kappa shape index (κ3) is 4.06. The van der Waals surface area contributed by atoms with Gasteiger partial charge in [-0.1, -0.05) is 54.1 Å². The van der Waals surface area contributed by atoms with Crippen LogP contribution >= 0.6 is 0 Å². The standard InChI is InChI=1S/C31H31N3O/c1-22-11-20-29-28(21-22)31(24-12-16-26(17-13-24)33(2)3,25-14-18-27(19-15-25)34(4)5)35-30(32-29)23-9-7-6-8-10-23/h6-21H,1-5H3. The van der Waals surface area contributed by atoms with Crippen molar-refractivity contribution in [3.05, 3.63) is 125 Å². The van der Waals surface area contributed by atoms with Crippen LogP contribution in [0.5, 0.6) is 0 Å². The highest BCUT2D eigenvalue weighted by Crippen LogP contribution is 2.48. The number of hydrogen-bond donors (Lipinski definition) is 0. The van der Waals surface area contributed by atoms with Gasteiger partial charge < -0.3 is 14.5 Å². The molecule has 0 bridgehead atoms. The van der Waals surface area contributed by atoms with Crippen LogP contribution in [0.25, 0.3) is 0 Å². The molecule has 1 aliphatic rings. The molecule has 0 saturated carbocycles. The van der Waals surface area contributed by atoms with Gasteiger partial charge in [-0.2, -0.15) is 0 Å². The molecule has 0 amide bonds. The zero-order chi connectivity index (χ0) is 24.6. The fraction of sp³-hybridized carbons (Fsp3) is 0.194. The van der Waals surface area contributed by atoms with Gasteiger partial charge in [-0.25, -0.2) is 4.99 Å². The summed E-state index contributed by atoms with van der Waals surface area (Å²) < 4.78 is 7.04. The number of anilines is 2. The van der Waals surface area contributed by atoms with E-state index in [2.05, 4.69) is 112 Å². The van der Waals surface area contributed by atoms with Crippen molar-refractivity contribution in [3.8, 4) is 0 Å². The van der Waals surface area contributed by atoms with Crippen molar-refractivity contribution in [2.24, 2.45) is 4.99 Å². The average Bonchev–Trinajstić information content (AvgIpc) is 2.88. The van der Waals surface area contributed by atoms with Crippen LogP contribution in [-0.2, 0) is 10.3 Å². The van der Waals surface area contributed by atoms with Crippen molar-refractivity contribution in [1.82, 2.24) is 0 Å². The second-order valence-electron chi connectivity index (χ2n) is 9.47. The lowest BCUT2D eigenvalue weighted by molar-refractivity contribution is 0.137. The Hall–Kier alpha value is -4.05. The number of nitrogens with zero attached hydrogens (tertiary/aromatic N) is 3. The molecular formula is C31H31N3O. The van der Waals surface area contributed by atoms with Gasteiger partial charge in [0.25, 0.3) is 0 Å². The lowest BCUT2D eigenvalue weighted by atomic mass is 9.78. The Kier molecular flexibility index (Phi) is 5.81. The van der Waals surface area contributed by atoms with E-state index in [0.29, 0.717) is 5.90 Å². The van der Waals surface area contributed by atoms with Crippen LogP contribution in [0.2, 0.25) is 0 Å². The molecule has 0 radical (unpaired) electrons. The summed E-state index contributed by atoms with van der Waals surface area (Å²) >= 11 is 0. The normalized spacial score (nSPS) is 13.9. The molecular weight excluding hydrogens is 430 g/mol. The fourth-order valence-corrected chi connectivity index (χ4v) is 4.65. The molecule has 0 unspecified atom stereocenters. The van der Waals surface area contributed by atoms with E-state index in [1.165, 1.54) is 5.56 Å². The number of rotatable bonds is 5. The minimum atomic E-state index is -0.843. The number of aryl methyl sites for hydroxylation is 1. The topological polar surface area (TPSA) is 28.1 Å². The maximum absolute atomic E-state index is 7.04. The van der Waals surface area contributed by atoms with Crippen LogP contribution in [0.1, 0.15) is 27.8 Å². The largest absolute Gasteiger partial charge is 0.456 e. The van der Waals surface area contributed by atoms with Gasteiger partial charge in [-0.05, 0) is 55.5 Å². The Balaban J connectivity index is 1.80. The molecule has 1 heterocycles. The maximum atomic E-state index is 7.04. The highest BCUT2D eigenvalue weighted by Gasteiger charge is 2.44. The summed E-state index contributed by atoms with van der Waals surface area (Å²) in [5.74, 6) is 0.621. The van der Waals surface area contributed by atoms with Crippen LogP contribution in [0.15, 0.2) is 102 Å². The van der Waals surface area contributed by atoms with Crippen molar-refractivity contribution >= 4 is 23.0 Å². The summed E-state index contributed by atoms with van der Waals surface area (Å²) in [5.41, 5.74) is 7.67. The van der Waals surface area contributed by atoms with Gasteiger partial charge in [0.15, 0.2) is 5.60 Å². The minimum Gasteiger partial charge on any atom is -0.456 e. The molecule has 0 atom stereocenters. The smallest absolute Gasteiger partial charge is 0.222 e. The third-order valence-electron chi connectivity index (χ3n) is 6.60. The van der Waals surface area contributed by atoms with Crippen molar-refractivity contribution in [3.63, 3.8) is 0 Å². The van der Waals surface area contributed by atoms with Crippen LogP contribution < -0.4 is 9.80 Å². The summed E-state index contributed by atoms with van der Waals surface area (Å²) in [6.07, 6.45) is 0. The molecule has 1 aliphatic heterocycles. The molecule has 0 aromatic heterocycles. The Morgan fingerprint density at radius 2 is 1.20 bits per heavy atom. The quantitative estimate of drug-likeness (QED) is 0.338. The highest BCUT2D eigenvalue weighted by atomic mass is 16.5. The maximum Gasteiger partial charge on any atom is 0.222 e. The summed E-state index contributed by atoms with van der Waals surface area (Å²) in [6, 6.07) is 33.9. The molecule has 4 aromatic carbocycles. The van der Waals surface area contributed by atoms with Crippen molar-refractivity contribution in [2.75, 3.05) is 38.0 Å². The molecule has 4 nitrogen and oxygen atoms in total. The van der Waals surface area contributed by atoms with Crippen LogP contribution in [-0.4, -0.2) is 34.1 Å². The van der Waals surface area contributed by atoms with Gasteiger partial charge in [0.1, 0.15) is 0 Å². The van der Waals surface area contributed by atoms with E-state index in [9.17, 15) is 0 Å². The van der Waals surface area contributed by atoms with E-state index in [4.69, 9.17) is 9.73 Å². The fourth-order valence-electron chi connectivity index (χ4n) is 4.65. The van der Waals surface area contributed by atoms with Crippen molar-refractivity contribution in [2.45, 2.75) is 12.5 Å². The monoisotopic (exact) mass is 461 g/mol. The van der Waals surface area contributed by atoms with Gasteiger partial charge in [-0.3, -0.25) is 0 Å². The summed E-state index contributed by atoms with van der Waals surface area (Å²) in [7, 11) is 8.22. The van der Waals surface area contributed by atoms with Crippen molar-refractivity contribution in [1.29, 1.82) is 0 Å². The summed E-state index contributed by atoms with van der Waals surface area (Å²) in [4.78, 5) is 9.19. The van der Waals surface area contributed by atoms with Gasteiger partial charge >= 0.3 is 0 Å². The predicted octanol–water partition coefficient (Wildman–Crippen LogP) is 6.53. The van der Waals surface area contributed by atoms with E-state index in [1.54, 1.807) is 0 Å². The lowest BCUT2D eigenvalue weighted by Gasteiger charge is -2.40. The van der Waals surface area contributed by atoms with Crippen molar-refractivity contribution < 1.29 is 4.74 Å². The Labute approximate surface area is 208 Å². The number of benzene rings is 4. The highest BCUT2D eigenvalue weighted by molar-refractivity contribution is 5.98. The minimum absolute atomic E-state index is 0.621. The molecule has 0 N–H and O–H groups in total. The first-order valence-electron chi connectivity index (χ1n) is 11.9. The Morgan fingerprint density at radius 3 is 1.71 bits per heavy atom. The second kappa shape index (κ2) is 8.95. The number of ether oxygens (including phenoxy) is 1. The van der Waals surface area contributed by atoms with Gasteiger partial charge in [0.05, 0.1) is 5.69 Å². The first kappa shape index (κ1) is 22.7. The summed E-state index contributed by atoms with van der Waals surface area (Å²) in [5, 5.41) is 0. The zero-order valence-electron chi connectivity index (χ0n) is 21.0. The van der Waals surface area contributed by atoms with Crippen LogP contribution in [0.4, 0.5) is 17.1 Å². The van der Waals surface area contributed by atoms with E-state index >= 15 is 0 Å². The third-order valence-corrected chi connectivity index (χ3v) is 6.60. The molecule has 0 fully saturated rings. The van der Waals surface area contributed by atoms with Crippen LogP contribution in [0.3, 0.4) is 0 Å². The molecule has 4 aromatic rings. The van der Waals surface area contributed by atoms with E-state index < -0.39 is 5.60 Å². The first-order valence-corrected chi connectivity index (χ1v) is 11.9. The molecule has 35 heavy (non-hydrogen) atoms. The zero-order valence-corrected chi connectivity index (χ0v) is 21.0. The Morgan fingerprint density at radius 1 is 0.657 bits per heavy atom. The number of hydrogen-bond acceptors (Lipinski definition) is 4. The molecule has 0 aliphatic carbocycles. The first-order chi connectivity index (χ1) is 16.9. The number of fused-ring (bicyclic) bond motifs is 1. The van der Waals surface area contributed by atoms with E-state index in [-0.39, 0.29) is 0 Å². The van der Waals surface area contributed by atoms with Gasteiger partial charge in [0, 0.05) is 61.8 Å². The summed E-state index contributed by atoms with van der Waals surface area (Å²) in [6.45, 7) is 2.12. The molecule has 0 spiro atoms. The Bertz CT molecular complexity index is 1300. The van der Waals surface area contributed by atoms with Gasteiger partial charge in [0.2, 0.25) is 5.90 Å². The lowest BCUT2D eigenvalue weighted by Crippen LogP contribution is -2.38. The predicted molar refractivity (Wildman–Crippen MR) is 146 cm³/mol. The van der Waals surface area contributed by atoms with E-state index in [0.717, 1.165) is 39.3 Å². The van der Waals surface area contributed by atoms with E-state index in [1.807, 2.05) is 30.3 Å². The molecule has 0 saturated heterocycles. The van der Waals surface area contributed by atoms with Crippen LogP contribution in [0, 0.1) is 6.92 Å². The number of aliphatic imine (C=N–C) groups is 1. The van der Waals surface area contributed by atoms with Gasteiger partial charge in [-0.15, -0.1) is 0 Å². The molecule has 4 heteroatoms. The molecule has 5 rings (SSSR count). The average molecular weight is 462 g/mol. The SMILES string of the molecule is Cc1ccc2c(c1)C(c1ccc(N(C)C)cc1)(c1ccc(N(C)C)cc1)OC(c1ccccc1)=N2. The second-order valence-corrected chi connectivity index (χ2v) is 9.47. The molecule has 176 valence electrons.